The molecular weight excluding hydrogens is 264 g/mol. The number of anilines is 1. The molecular formula is C16H28N4O. The van der Waals surface area contributed by atoms with E-state index in [-0.39, 0.29) is 5.41 Å². The van der Waals surface area contributed by atoms with Crippen LogP contribution in [0.15, 0.2) is 6.07 Å². The maximum absolute atomic E-state index is 6.02. The molecule has 5 heteroatoms. The molecule has 0 spiro atoms. The minimum atomic E-state index is 0.204. The molecule has 1 saturated carbocycles. The van der Waals surface area contributed by atoms with E-state index in [0.29, 0.717) is 18.4 Å². The van der Waals surface area contributed by atoms with Gasteiger partial charge in [0.2, 0.25) is 11.8 Å². The fourth-order valence-corrected chi connectivity index (χ4v) is 2.92. The lowest BCUT2D eigenvalue weighted by molar-refractivity contribution is 0.215. The molecule has 0 aromatic carbocycles. The van der Waals surface area contributed by atoms with Crippen LogP contribution >= 0.6 is 0 Å². The highest BCUT2D eigenvalue weighted by molar-refractivity contribution is 5.31. The van der Waals surface area contributed by atoms with Crippen LogP contribution in [0.25, 0.3) is 0 Å². The maximum atomic E-state index is 6.02. The molecule has 0 saturated heterocycles. The summed E-state index contributed by atoms with van der Waals surface area (Å²) in [5.41, 5.74) is 7.15. The minimum absolute atomic E-state index is 0.204. The third kappa shape index (κ3) is 4.56. The second kappa shape index (κ2) is 7.59. The molecule has 5 nitrogen and oxygen atoms in total. The van der Waals surface area contributed by atoms with E-state index in [1.807, 2.05) is 13.0 Å². The lowest BCUT2D eigenvalue weighted by Crippen LogP contribution is -2.39. The standard InChI is InChI=1S/C16H28N4O/c1-3-9-21-14-10-13(2)19-15(20-14)18-12-16(11-17)7-5-4-6-8-16/h10H,3-9,11-12,17H2,1-2H3,(H,18,19,20). The molecule has 1 aliphatic rings. The number of aryl methyl sites for hydroxylation is 1. The van der Waals surface area contributed by atoms with Crippen LogP contribution in [0.4, 0.5) is 5.95 Å². The molecule has 3 N–H and O–H groups in total. The number of hydrogen-bond acceptors (Lipinski definition) is 5. The van der Waals surface area contributed by atoms with Crippen LogP contribution in [0, 0.1) is 12.3 Å². The largest absolute Gasteiger partial charge is 0.478 e. The summed E-state index contributed by atoms with van der Waals surface area (Å²) in [6, 6.07) is 1.88. The van der Waals surface area contributed by atoms with Gasteiger partial charge in [0.1, 0.15) is 0 Å². The van der Waals surface area contributed by atoms with Crippen molar-refractivity contribution < 1.29 is 4.74 Å². The monoisotopic (exact) mass is 292 g/mol. The van der Waals surface area contributed by atoms with Crippen molar-refractivity contribution in [1.29, 1.82) is 0 Å². The van der Waals surface area contributed by atoms with E-state index in [2.05, 4.69) is 22.2 Å². The SMILES string of the molecule is CCCOc1cc(C)nc(NCC2(CN)CCCCC2)n1. The Kier molecular flexibility index (Phi) is 5.79. The van der Waals surface area contributed by atoms with E-state index >= 15 is 0 Å². The summed E-state index contributed by atoms with van der Waals surface area (Å²) < 4.78 is 5.60. The number of ether oxygens (including phenoxy) is 1. The predicted octanol–water partition coefficient (Wildman–Crippen LogP) is 2.89. The number of aromatic nitrogens is 2. The molecule has 2 rings (SSSR count). The Labute approximate surface area is 127 Å². The number of hydrogen-bond donors (Lipinski definition) is 2. The van der Waals surface area contributed by atoms with Crippen molar-refractivity contribution in [2.24, 2.45) is 11.1 Å². The number of nitrogens with two attached hydrogens (primary N) is 1. The van der Waals surface area contributed by atoms with Gasteiger partial charge in [-0.15, -0.1) is 0 Å². The Hall–Kier alpha value is -1.36. The summed E-state index contributed by atoms with van der Waals surface area (Å²) in [5.74, 6) is 1.30. The fraction of sp³-hybridized carbons (Fsp3) is 0.750. The van der Waals surface area contributed by atoms with Crippen molar-refractivity contribution in [2.75, 3.05) is 25.0 Å². The van der Waals surface area contributed by atoms with Gasteiger partial charge in [-0.1, -0.05) is 26.2 Å². The second-order valence-corrected chi connectivity index (χ2v) is 6.14. The van der Waals surface area contributed by atoms with Crippen LogP contribution in [-0.4, -0.2) is 29.7 Å². The first-order chi connectivity index (χ1) is 10.2. The summed E-state index contributed by atoms with van der Waals surface area (Å²) in [7, 11) is 0. The Balaban J connectivity index is 1.99. The highest BCUT2D eigenvalue weighted by Crippen LogP contribution is 2.35. The Morgan fingerprint density at radius 2 is 2.05 bits per heavy atom. The molecule has 21 heavy (non-hydrogen) atoms. The zero-order chi connectivity index (χ0) is 15.1. The van der Waals surface area contributed by atoms with E-state index in [1.54, 1.807) is 0 Å². The van der Waals surface area contributed by atoms with Gasteiger partial charge >= 0.3 is 0 Å². The van der Waals surface area contributed by atoms with E-state index < -0.39 is 0 Å². The number of nitrogens with zero attached hydrogens (tertiary/aromatic N) is 2. The molecule has 1 heterocycles. The van der Waals surface area contributed by atoms with Gasteiger partial charge in [0.05, 0.1) is 6.61 Å². The third-order valence-corrected chi connectivity index (χ3v) is 4.25. The van der Waals surface area contributed by atoms with Gasteiger partial charge in [0, 0.05) is 18.3 Å². The number of nitrogens with one attached hydrogen (secondary N) is 1. The zero-order valence-electron chi connectivity index (χ0n) is 13.3. The summed E-state index contributed by atoms with van der Waals surface area (Å²) in [4.78, 5) is 8.88. The first kappa shape index (κ1) is 16.0. The molecule has 0 atom stereocenters. The van der Waals surface area contributed by atoms with Crippen LogP contribution in [0.3, 0.4) is 0 Å². The Bertz CT molecular complexity index is 444. The minimum Gasteiger partial charge on any atom is -0.478 e. The lowest BCUT2D eigenvalue weighted by atomic mass is 9.74. The van der Waals surface area contributed by atoms with Crippen LogP contribution < -0.4 is 15.8 Å². The summed E-state index contributed by atoms with van der Waals surface area (Å²) in [5, 5.41) is 3.38. The summed E-state index contributed by atoms with van der Waals surface area (Å²) in [6.45, 7) is 6.31. The average Bonchev–Trinajstić information content (AvgIpc) is 2.51. The molecule has 0 aliphatic heterocycles. The second-order valence-electron chi connectivity index (χ2n) is 6.14. The highest BCUT2D eigenvalue weighted by atomic mass is 16.5. The van der Waals surface area contributed by atoms with Crippen LogP contribution in [0.5, 0.6) is 5.88 Å². The Morgan fingerprint density at radius 1 is 1.29 bits per heavy atom. The predicted molar refractivity (Wildman–Crippen MR) is 85.6 cm³/mol. The van der Waals surface area contributed by atoms with Crippen molar-refractivity contribution in [3.8, 4) is 5.88 Å². The molecule has 1 aromatic rings. The molecule has 118 valence electrons. The van der Waals surface area contributed by atoms with Gasteiger partial charge < -0.3 is 15.8 Å². The van der Waals surface area contributed by atoms with Gasteiger partial charge in [-0.05, 0) is 38.1 Å². The summed E-state index contributed by atoms with van der Waals surface area (Å²) >= 11 is 0. The fourth-order valence-electron chi connectivity index (χ4n) is 2.92. The molecule has 1 aliphatic carbocycles. The molecule has 0 amide bonds. The van der Waals surface area contributed by atoms with Gasteiger partial charge in [-0.3, -0.25) is 0 Å². The van der Waals surface area contributed by atoms with E-state index in [0.717, 1.165) is 25.2 Å². The Morgan fingerprint density at radius 3 is 2.71 bits per heavy atom. The average molecular weight is 292 g/mol. The first-order valence-corrected chi connectivity index (χ1v) is 8.10. The first-order valence-electron chi connectivity index (χ1n) is 8.10. The van der Waals surface area contributed by atoms with E-state index in [1.165, 1.54) is 32.1 Å². The van der Waals surface area contributed by atoms with Gasteiger partial charge in [-0.25, -0.2) is 4.98 Å². The molecule has 1 aromatic heterocycles. The molecule has 1 fully saturated rings. The number of rotatable bonds is 7. The van der Waals surface area contributed by atoms with Crippen LogP contribution in [-0.2, 0) is 0 Å². The van der Waals surface area contributed by atoms with E-state index in [9.17, 15) is 0 Å². The lowest BCUT2D eigenvalue weighted by Gasteiger charge is -2.36. The van der Waals surface area contributed by atoms with Crippen molar-refractivity contribution in [3.63, 3.8) is 0 Å². The van der Waals surface area contributed by atoms with Gasteiger partial charge in [-0.2, -0.15) is 4.98 Å². The topological polar surface area (TPSA) is 73.1 Å². The molecule has 0 bridgehead atoms. The van der Waals surface area contributed by atoms with Gasteiger partial charge in [0.25, 0.3) is 0 Å². The highest BCUT2D eigenvalue weighted by Gasteiger charge is 2.30. The molecule has 0 unspecified atom stereocenters. The van der Waals surface area contributed by atoms with Crippen molar-refractivity contribution in [2.45, 2.75) is 52.4 Å². The van der Waals surface area contributed by atoms with Crippen molar-refractivity contribution in [3.05, 3.63) is 11.8 Å². The normalized spacial score (nSPS) is 17.5. The van der Waals surface area contributed by atoms with Crippen LogP contribution in [0.2, 0.25) is 0 Å². The zero-order valence-corrected chi connectivity index (χ0v) is 13.3. The summed E-state index contributed by atoms with van der Waals surface area (Å²) in [6.07, 6.45) is 7.25. The quantitative estimate of drug-likeness (QED) is 0.808. The maximum Gasteiger partial charge on any atom is 0.226 e. The smallest absolute Gasteiger partial charge is 0.226 e. The van der Waals surface area contributed by atoms with Crippen molar-refractivity contribution >= 4 is 5.95 Å². The third-order valence-electron chi connectivity index (χ3n) is 4.25. The molecule has 0 radical (unpaired) electrons. The van der Waals surface area contributed by atoms with Crippen molar-refractivity contribution in [1.82, 2.24) is 9.97 Å². The van der Waals surface area contributed by atoms with E-state index in [4.69, 9.17) is 10.5 Å². The van der Waals surface area contributed by atoms with Crippen LogP contribution in [0.1, 0.15) is 51.1 Å². The van der Waals surface area contributed by atoms with Gasteiger partial charge in [0.15, 0.2) is 0 Å².